The van der Waals surface area contributed by atoms with E-state index in [1.165, 1.54) is 27.1 Å². The number of hydrogen-bond donors (Lipinski definition) is 0. The van der Waals surface area contributed by atoms with Gasteiger partial charge in [-0.25, -0.2) is 4.79 Å². The number of benzene rings is 2. The molecule has 2 aromatic carbocycles. The Bertz CT molecular complexity index is 762. The normalized spacial score (nSPS) is 9.80. The summed E-state index contributed by atoms with van der Waals surface area (Å²) in [5, 5.41) is 0. The molecular formula is C25H32O5. The molecule has 2 rings (SSSR count). The van der Waals surface area contributed by atoms with Crippen LogP contribution in [0.2, 0.25) is 0 Å². The molecule has 0 atom stereocenters. The summed E-state index contributed by atoms with van der Waals surface area (Å²) < 4.78 is 15.0. The number of unbranched alkanes of at least 4 members (excludes halogenated alkanes) is 1. The summed E-state index contributed by atoms with van der Waals surface area (Å²) >= 11 is 0. The van der Waals surface area contributed by atoms with E-state index < -0.39 is 5.97 Å². The number of carbonyl (C=O) groups is 2. The van der Waals surface area contributed by atoms with E-state index in [4.69, 9.17) is 9.47 Å². The molecule has 0 saturated heterocycles. The molecule has 0 aliphatic heterocycles. The third kappa shape index (κ3) is 10.3. The summed E-state index contributed by atoms with van der Waals surface area (Å²) in [7, 11) is 2.52. The van der Waals surface area contributed by atoms with E-state index >= 15 is 0 Å². The van der Waals surface area contributed by atoms with E-state index in [2.05, 4.69) is 31.7 Å². The Morgan fingerprint density at radius 3 is 1.90 bits per heavy atom. The van der Waals surface area contributed by atoms with Gasteiger partial charge in [-0.3, -0.25) is 4.79 Å². The van der Waals surface area contributed by atoms with E-state index in [1.54, 1.807) is 24.3 Å². The van der Waals surface area contributed by atoms with E-state index in [0.717, 1.165) is 11.6 Å². The molecule has 0 heterocycles. The van der Waals surface area contributed by atoms with Gasteiger partial charge < -0.3 is 14.2 Å². The van der Waals surface area contributed by atoms with Gasteiger partial charge in [0.1, 0.15) is 12.4 Å². The highest BCUT2D eigenvalue weighted by Gasteiger charge is 2.13. The first kappa shape index (κ1) is 26.7. The van der Waals surface area contributed by atoms with Crippen LogP contribution < -0.4 is 4.74 Å². The molecular weight excluding hydrogens is 380 g/mol. The second kappa shape index (κ2) is 16.6. The Hall–Kier alpha value is -3.34. The van der Waals surface area contributed by atoms with Gasteiger partial charge >= 0.3 is 5.97 Å². The third-order valence-electron chi connectivity index (χ3n) is 3.76. The molecule has 0 aliphatic carbocycles. The van der Waals surface area contributed by atoms with Crippen LogP contribution >= 0.6 is 0 Å². The van der Waals surface area contributed by atoms with Crippen LogP contribution in [0.15, 0.2) is 79.6 Å². The monoisotopic (exact) mass is 412 g/mol. The molecule has 0 aliphatic rings. The second-order valence-electron chi connectivity index (χ2n) is 5.87. The summed E-state index contributed by atoms with van der Waals surface area (Å²) in [5.41, 5.74) is 1.48. The zero-order valence-electron chi connectivity index (χ0n) is 18.4. The first-order valence-electron chi connectivity index (χ1n) is 9.70. The van der Waals surface area contributed by atoms with Crippen molar-refractivity contribution >= 4 is 11.8 Å². The van der Waals surface area contributed by atoms with Gasteiger partial charge in [-0.15, -0.1) is 13.2 Å². The van der Waals surface area contributed by atoms with E-state index in [0.29, 0.717) is 17.9 Å². The first-order valence-corrected chi connectivity index (χ1v) is 9.70. The smallest absolute Gasteiger partial charge is 0.373 e. The molecule has 0 aromatic heterocycles. The number of allylic oxidation sites excluding steroid dienone is 1. The SMILES string of the molecule is C=C.CCCC.COC(=O)/C(=C/C(=O)c1ccc(OCc2ccccc2)cc1)OC. The minimum atomic E-state index is -0.700. The predicted molar refractivity (Wildman–Crippen MR) is 120 cm³/mol. The summed E-state index contributed by atoms with van der Waals surface area (Å²) in [6, 6.07) is 16.4. The van der Waals surface area contributed by atoms with Gasteiger partial charge in [0.05, 0.1) is 14.2 Å². The maximum Gasteiger partial charge on any atom is 0.373 e. The Kier molecular flexibility index (Phi) is 14.8. The minimum absolute atomic E-state index is 0.146. The predicted octanol–water partition coefficient (Wildman–Crippen LogP) is 5.76. The molecule has 0 bridgehead atoms. The topological polar surface area (TPSA) is 61.8 Å². The van der Waals surface area contributed by atoms with Gasteiger partial charge in [0, 0.05) is 11.6 Å². The van der Waals surface area contributed by atoms with Gasteiger partial charge in [0.25, 0.3) is 0 Å². The van der Waals surface area contributed by atoms with Crippen molar-refractivity contribution in [2.75, 3.05) is 14.2 Å². The van der Waals surface area contributed by atoms with E-state index in [1.807, 2.05) is 30.3 Å². The van der Waals surface area contributed by atoms with Crippen molar-refractivity contribution < 1.29 is 23.8 Å². The zero-order chi connectivity index (χ0) is 22.8. The van der Waals surface area contributed by atoms with Gasteiger partial charge in [0.15, 0.2) is 5.78 Å². The number of carbonyl (C=O) groups excluding carboxylic acids is 2. The lowest BCUT2D eigenvalue weighted by Gasteiger charge is -2.07. The van der Waals surface area contributed by atoms with Crippen LogP contribution in [0.1, 0.15) is 42.6 Å². The molecule has 5 nitrogen and oxygen atoms in total. The Labute approximate surface area is 180 Å². The van der Waals surface area contributed by atoms with Crippen LogP contribution in [0.25, 0.3) is 0 Å². The summed E-state index contributed by atoms with van der Waals surface area (Å²) in [5.74, 6) is -0.549. The molecule has 0 unspecified atom stereocenters. The fraction of sp³-hybridized carbons (Fsp3) is 0.280. The lowest BCUT2D eigenvalue weighted by atomic mass is 10.1. The maximum atomic E-state index is 12.1. The Morgan fingerprint density at radius 1 is 0.867 bits per heavy atom. The number of hydrogen-bond acceptors (Lipinski definition) is 5. The van der Waals surface area contributed by atoms with Crippen molar-refractivity contribution in [3.63, 3.8) is 0 Å². The Balaban J connectivity index is 0.00000125. The van der Waals surface area contributed by atoms with Crippen molar-refractivity contribution in [2.24, 2.45) is 0 Å². The van der Waals surface area contributed by atoms with Gasteiger partial charge in [0.2, 0.25) is 5.76 Å². The van der Waals surface area contributed by atoms with E-state index in [9.17, 15) is 9.59 Å². The first-order chi connectivity index (χ1) is 14.5. The average Bonchev–Trinajstić information content (AvgIpc) is 2.83. The highest BCUT2D eigenvalue weighted by atomic mass is 16.6. The lowest BCUT2D eigenvalue weighted by molar-refractivity contribution is -0.139. The number of ether oxygens (including phenoxy) is 3. The van der Waals surface area contributed by atoms with E-state index in [-0.39, 0.29) is 11.5 Å². The summed E-state index contributed by atoms with van der Waals surface area (Å²) in [6.45, 7) is 10.8. The fourth-order valence-electron chi connectivity index (χ4n) is 1.96. The van der Waals surface area contributed by atoms with Gasteiger partial charge in [-0.05, 0) is 29.8 Å². The molecule has 30 heavy (non-hydrogen) atoms. The third-order valence-corrected chi connectivity index (χ3v) is 3.76. The summed E-state index contributed by atoms with van der Waals surface area (Å²) in [6.07, 6.45) is 3.74. The van der Waals surface area contributed by atoms with Crippen LogP contribution in [0.4, 0.5) is 0 Å². The van der Waals surface area contributed by atoms with Crippen molar-refractivity contribution in [1.82, 2.24) is 0 Å². The Morgan fingerprint density at radius 2 is 1.43 bits per heavy atom. The number of rotatable bonds is 8. The lowest BCUT2D eigenvalue weighted by Crippen LogP contribution is -2.09. The molecule has 5 heteroatoms. The highest BCUT2D eigenvalue weighted by molar-refractivity contribution is 6.08. The van der Waals surface area contributed by atoms with Crippen LogP contribution in [-0.2, 0) is 20.9 Å². The number of ketones is 1. The molecule has 0 fully saturated rings. The molecule has 0 amide bonds. The number of esters is 1. The molecule has 0 N–H and O–H groups in total. The average molecular weight is 413 g/mol. The molecule has 162 valence electrons. The van der Waals surface area contributed by atoms with Crippen molar-refractivity contribution in [3.8, 4) is 5.75 Å². The quantitative estimate of drug-likeness (QED) is 0.181. The summed E-state index contributed by atoms with van der Waals surface area (Å²) in [4.78, 5) is 23.5. The molecule has 2 aromatic rings. The molecule has 0 radical (unpaired) electrons. The highest BCUT2D eigenvalue weighted by Crippen LogP contribution is 2.15. The zero-order valence-corrected chi connectivity index (χ0v) is 18.4. The van der Waals surface area contributed by atoms with Crippen molar-refractivity contribution in [1.29, 1.82) is 0 Å². The molecule has 0 spiro atoms. The van der Waals surface area contributed by atoms with Crippen molar-refractivity contribution in [2.45, 2.75) is 33.3 Å². The maximum absolute atomic E-state index is 12.1. The minimum Gasteiger partial charge on any atom is -0.490 e. The van der Waals surface area contributed by atoms with Crippen LogP contribution in [0.5, 0.6) is 5.75 Å². The second-order valence-corrected chi connectivity index (χ2v) is 5.87. The number of methoxy groups -OCH3 is 2. The fourth-order valence-corrected chi connectivity index (χ4v) is 1.96. The van der Waals surface area contributed by atoms with Gasteiger partial charge in [-0.2, -0.15) is 0 Å². The van der Waals surface area contributed by atoms with Gasteiger partial charge in [-0.1, -0.05) is 57.0 Å². The largest absolute Gasteiger partial charge is 0.490 e. The van der Waals surface area contributed by atoms with Crippen LogP contribution in [-0.4, -0.2) is 26.0 Å². The molecule has 0 saturated carbocycles. The van der Waals surface area contributed by atoms with Crippen LogP contribution in [0, 0.1) is 0 Å². The van der Waals surface area contributed by atoms with Crippen LogP contribution in [0.3, 0.4) is 0 Å². The standard InChI is InChI=1S/C19H18O5.C4H10.C2H4/c1-22-18(19(21)23-2)12-17(20)15-8-10-16(11-9-15)24-13-14-6-4-3-5-7-14;1-3-4-2;1-2/h3-12H,13H2,1-2H3;3-4H2,1-2H3;1-2H2/b18-12-;;. The van der Waals surface area contributed by atoms with Crippen molar-refractivity contribution in [3.05, 3.63) is 90.7 Å².